The molecule has 2 aromatic heterocycles. The van der Waals surface area contributed by atoms with E-state index in [2.05, 4.69) is 15.0 Å². The van der Waals surface area contributed by atoms with Crippen LogP contribution in [0.3, 0.4) is 0 Å². The van der Waals surface area contributed by atoms with Gasteiger partial charge in [0.1, 0.15) is 24.1 Å². The second-order valence-corrected chi connectivity index (χ2v) is 4.27. The van der Waals surface area contributed by atoms with E-state index in [1.807, 2.05) is 0 Å². The minimum Gasteiger partial charge on any atom is -0.394 e. The maximum Gasteiger partial charge on any atom is 0.167 e. The number of fused-ring (bicyclic) bond motifs is 1. The summed E-state index contributed by atoms with van der Waals surface area (Å²) in [7, 11) is 0. The molecule has 0 radical (unpaired) electrons. The lowest BCUT2D eigenvalue weighted by Gasteiger charge is -2.15. The summed E-state index contributed by atoms with van der Waals surface area (Å²) in [6, 6.07) is 0. The molecule has 3 heterocycles. The number of alkyl halides is 1. The maximum atomic E-state index is 13.7. The highest BCUT2D eigenvalue weighted by molar-refractivity contribution is 5.81. The van der Waals surface area contributed by atoms with E-state index in [-0.39, 0.29) is 5.82 Å². The predicted octanol–water partition coefficient (Wildman–Crippen LogP) is -1.00. The van der Waals surface area contributed by atoms with Gasteiger partial charge in [0.2, 0.25) is 0 Å². The third-order valence-corrected chi connectivity index (χ3v) is 3.13. The summed E-state index contributed by atoms with van der Waals surface area (Å²) in [6.45, 7) is -0.515. The van der Waals surface area contributed by atoms with Crippen molar-refractivity contribution in [2.75, 3.05) is 12.3 Å². The van der Waals surface area contributed by atoms with Crippen molar-refractivity contribution in [1.29, 1.82) is 0 Å². The molecule has 8 nitrogen and oxygen atoms in total. The van der Waals surface area contributed by atoms with Crippen LogP contribution in [0, 0.1) is 0 Å². The molecule has 2 aromatic rings. The van der Waals surface area contributed by atoms with Crippen molar-refractivity contribution in [3.05, 3.63) is 12.7 Å². The Kier molecular flexibility index (Phi) is 2.81. The van der Waals surface area contributed by atoms with Gasteiger partial charge in [-0.15, -0.1) is 0 Å². The first-order valence-electron chi connectivity index (χ1n) is 5.65. The van der Waals surface area contributed by atoms with Crippen molar-refractivity contribution in [1.82, 2.24) is 19.5 Å². The lowest BCUT2D eigenvalue weighted by molar-refractivity contribution is -0.0495. The molecule has 4 atom stereocenters. The van der Waals surface area contributed by atoms with Crippen LogP contribution in [-0.4, -0.2) is 54.7 Å². The zero-order valence-electron chi connectivity index (χ0n) is 9.72. The number of imidazole rings is 1. The Hall–Kier alpha value is -1.84. The van der Waals surface area contributed by atoms with Gasteiger partial charge < -0.3 is 20.7 Å². The fourth-order valence-corrected chi connectivity index (χ4v) is 2.14. The van der Waals surface area contributed by atoms with Gasteiger partial charge in [-0.1, -0.05) is 0 Å². The third kappa shape index (κ3) is 1.74. The van der Waals surface area contributed by atoms with Crippen molar-refractivity contribution >= 4 is 17.0 Å². The lowest BCUT2D eigenvalue weighted by atomic mass is 10.1. The summed E-state index contributed by atoms with van der Waals surface area (Å²) < 4.78 is 20.3. The van der Waals surface area contributed by atoms with E-state index in [0.29, 0.717) is 11.2 Å². The molecule has 0 saturated carbocycles. The molecule has 1 aliphatic rings. The molecule has 19 heavy (non-hydrogen) atoms. The number of rotatable bonds is 2. The van der Waals surface area contributed by atoms with Gasteiger partial charge in [-0.3, -0.25) is 4.57 Å². The second-order valence-electron chi connectivity index (χ2n) is 4.27. The van der Waals surface area contributed by atoms with Crippen LogP contribution in [0.1, 0.15) is 6.23 Å². The molecule has 3 rings (SSSR count). The van der Waals surface area contributed by atoms with Crippen molar-refractivity contribution in [2.45, 2.75) is 24.6 Å². The van der Waals surface area contributed by atoms with Gasteiger partial charge in [-0.05, 0) is 0 Å². The monoisotopic (exact) mass is 268 g/mol. The number of aliphatic hydroxyl groups is 2. The molecule has 0 amide bonds. The summed E-state index contributed by atoms with van der Waals surface area (Å²) in [5.41, 5.74) is 6.32. The first-order valence-corrected chi connectivity index (χ1v) is 5.65. The predicted molar refractivity (Wildman–Crippen MR) is 61.6 cm³/mol. The molecule has 4 N–H and O–H groups in total. The number of ether oxygens (including phenoxy) is 1. The molecule has 102 valence electrons. The Morgan fingerprint density at radius 1 is 1.42 bits per heavy atom. The highest BCUT2D eigenvalue weighted by atomic mass is 18.2. The van der Waals surface area contributed by atoms with Gasteiger partial charge in [-0.25, -0.2) is 19.3 Å². The largest absolute Gasteiger partial charge is 0.394 e. The van der Waals surface area contributed by atoms with Crippen LogP contribution in [0.4, 0.5) is 10.2 Å². The van der Waals surface area contributed by atoms with E-state index in [1.165, 1.54) is 17.2 Å². The highest BCUT2D eigenvalue weighted by Crippen LogP contribution is 2.33. The maximum absolute atomic E-state index is 13.7. The molecule has 1 unspecified atom stereocenters. The number of aliphatic hydroxyl groups excluding tert-OH is 2. The van der Waals surface area contributed by atoms with Crippen LogP contribution in [0.25, 0.3) is 11.2 Å². The topological polar surface area (TPSA) is 119 Å². The number of nitrogens with two attached hydrogens (primary N) is 1. The number of halogens is 1. The molecular formula is C10H12FN5O3. The summed E-state index contributed by atoms with van der Waals surface area (Å²) in [5.74, 6) is 0.187. The average molecular weight is 268 g/mol. The van der Waals surface area contributed by atoms with Crippen LogP contribution in [0.2, 0.25) is 0 Å². The summed E-state index contributed by atoms with van der Waals surface area (Å²) in [6.07, 6.45) is -2.58. The molecule has 9 heteroatoms. The van der Waals surface area contributed by atoms with E-state index >= 15 is 0 Å². The SMILES string of the molecule is Nc1ncnc2c1ncn2C1O[C@H](CO)[C@H]([18F])[C@H]1O. The van der Waals surface area contributed by atoms with Gasteiger partial charge in [-0.2, -0.15) is 0 Å². The number of nitrogens with zero attached hydrogens (tertiary/aromatic N) is 4. The zero-order valence-corrected chi connectivity index (χ0v) is 9.72. The fourth-order valence-electron chi connectivity index (χ4n) is 2.14. The van der Waals surface area contributed by atoms with E-state index in [4.69, 9.17) is 15.6 Å². The summed E-state index contributed by atoms with van der Waals surface area (Å²) in [5, 5.41) is 18.8. The lowest BCUT2D eigenvalue weighted by Crippen LogP contribution is -2.29. The quantitative estimate of drug-likeness (QED) is 0.638. The van der Waals surface area contributed by atoms with Crippen molar-refractivity contribution in [2.24, 2.45) is 0 Å². The number of anilines is 1. The van der Waals surface area contributed by atoms with Crippen molar-refractivity contribution in [3.63, 3.8) is 0 Å². The first kappa shape index (κ1) is 12.2. The number of hydrogen-bond acceptors (Lipinski definition) is 7. The highest BCUT2D eigenvalue weighted by Gasteiger charge is 2.45. The van der Waals surface area contributed by atoms with Gasteiger partial charge >= 0.3 is 0 Å². The number of aromatic nitrogens is 4. The van der Waals surface area contributed by atoms with Crippen LogP contribution in [0.5, 0.6) is 0 Å². The normalized spacial score (nSPS) is 31.1. The van der Waals surface area contributed by atoms with Crippen molar-refractivity contribution < 1.29 is 19.3 Å². The van der Waals surface area contributed by atoms with Crippen LogP contribution >= 0.6 is 0 Å². The van der Waals surface area contributed by atoms with Gasteiger partial charge in [0.05, 0.1) is 12.9 Å². The summed E-state index contributed by atoms with van der Waals surface area (Å²) in [4.78, 5) is 11.8. The molecule has 1 saturated heterocycles. The Bertz CT molecular complexity index is 606. The van der Waals surface area contributed by atoms with Crippen LogP contribution in [0.15, 0.2) is 12.7 Å². The average Bonchev–Trinajstić information content (AvgIpc) is 2.94. The number of hydrogen-bond donors (Lipinski definition) is 3. The first-order chi connectivity index (χ1) is 9.13. The minimum atomic E-state index is -1.67. The molecule has 1 fully saturated rings. The van der Waals surface area contributed by atoms with Crippen LogP contribution < -0.4 is 5.73 Å². The molecule has 0 spiro atoms. The Morgan fingerprint density at radius 3 is 2.89 bits per heavy atom. The molecule has 0 aliphatic carbocycles. The van der Waals surface area contributed by atoms with E-state index in [9.17, 15) is 9.50 Å². The van der Waals surface area contributed by atoms with E-state index in [1.54, 1.807) is 0 Å². The number of nitrogen functional groups attached to an aromatic ring is 1. The van der Waals surface area contributed by atoms with Crippen LogP contribution in [-0.2, 0) is 4.74 Å². The third-order valence-electron chi connectivity index (χ3n) is 3.13. The zero-order chi connectivity index (χ0) is 13.6. The molecule has 0 bridgehead atoms. The van der Waals surface area contributed by atoms with E-state index < -0.39 is 31.2 Å². The summed E-state index contributed by atoms with van der Waals surface area (Å²) >= 11 is 0. The Labute approximate surface area is 106 Å². The Morgan fingerprint density at radius 2 is 2.21 bits per heavy atom. The van der Waals surface area contributed by atoms with Gasteiger partial charge in [0, 0.05) is 0 Å². The Balaban J connectivity index is 2.04. The minimum absolute atomic E-state index is 0.187. The van der Waals surface area contributed by atoms with Crippen molar-refractivity contribution in [3.8, 4) is 0 Å². The smallest absolute Gasteiger partial charge is 0.167 e. The van der Waals surface area contributed by atoms with E-state index in [0.717, 1.165) is 0 Å². The second kappa shape index (κ2) is 4.37. The fraction of sp³-hybridized carbons (Fsp3) is 0.500. The standard InChI is InChI=1S/C10H12FN5O3/c11-5-4(1-17)19-10(7(5)18)16-3-15-6-8(12)13-2-14-9(6)16/h2-5,7,10,17-18H,1H2,(H2,12,13,14)/t4-,5+,7-,10?/m1/s1/i11-1. The van der Waals surface area contributed by atoms with Gasteiger partial charge in [0.25, 0.3) is 0 Å². The molecular weight excluding hydrogens is 256 g/mol. The van der Waals surface area contributed by atoms with Gasteiger partial charge in [0.15, 0.2) is 23.9 Å². The molecule has 1 aliphatic heterocycles. The molecule has 0 aromatic carbocycles.